The first kappa shape index (κ1) is 20.4. The molecule has 2 aliphatic heterocycles. The van der Waals surface area contributed by atoms with Crippen LogP contribution in [0.5, 0.6) is 0 Å². The lowest BCUT2D eigenvalue weighted by Crippen LogP contribution is -2.55. The molecule has 1 aromatic heterocycles. The zero-order valence-electron chi connectivity index (χ0n) is 17.9. The number of nitrogens with zero attached hydrogens (tertiary/aromatic N) is 5. The number of hydrogen-bond donors (Lipinski definition) is 2. The van der Waals surface area contributed by atoms with Crippen LogP contribution in [0, 0.1) is 11.3 Å². The predicted octanol–water partition coefficient (Wildman–Crippen LogP) is 3.09. The largest absolute Gasteiger partial charge is 0.390 e. The molecule has 0 amide bonds. The summed E-state index contributed by atoms with van der Waals surface area (Å²) in [6.07, 6.45) is 3.05. The molecule has 0 saturated carbocycles. The molecule has 0 spiro atoms. The number of piperidine rings is 1. The minimum Gasteiger partial charge on any atom is -0.390 e. The number of anilines is 3. The summed E-state index contributed by atoms with van der Waals surface area (Å²) in [6.45, 7) is 3.29. The van der Waals surface area contributed by atoms with Gasteiger partial charge in [-0.3, -0.25) is 4.90 Å². The molecule has 7 nitrogen and oxygen atoms in total. The van der Waals surface area contributed by atoms with Crippen LogP contribution in [-0.2, 0) is 13.0 Å². The summed E-state index contributed by atoms with van der Waals surface area (Å²) in [7, 11) is 0. The maximum Gasteiger partial charge on any atom is 0.135 e. The molecule has 2 aromatic carbocycles. The number of β-amino-alcohol motifs (C(OH)–C–C–N with tert-alkyl or cyclic N) is 1. The van der Waals surface area contributed by atoms with E-state index in [1.165, 1.54) is 11.1 Å². The van der Waals surface area contributed by atoms with Gasteiger partial charge in [0, 0.05) is 44.0 Å². The lowest BCUT2D eigenvalue weighted by Gasteiger charge is -2.43. The van der Waals surface area contributed by atoms with E-state index in [0.717, 1.165) is 44.0 Å². The van der Waals surface area contributed by atoms with Crippen molar-refractivity contribution in [2.45, 2.75) is 31.5 Å². The summed E-state index contributed by atoms with van der Waals surface area (Å²) in [4.78, 5) is 13.3. The maximum atomic E-state index is 11.0. The van der Waals surface area contributed by atoms with Crippen molar-refractivity contribution in [3.05, 3.63) is 77.6 Å². The van der Waals surface area contributed by atoms with E-state index in [1.807, 2.05) is 18.2 Å². The number of aliphatic hydroxyl groups is 1. The summed E-state index contributed by atoms with van der Waals surface area (Å²) >= 11 is 0. The van der Waals surface area contributed by atoms with Crippen LogP contribution in [0.1, 0.15) is 23.1 Å². The number of rotatable bonds is 4. The SMILES string of the molecule is N#Cc1ccc(Nc2cc(N3CCC(N4CCc5ccccc5C4)[C@@H](O)C3)ncn2)cc1. The predicted molar refractivity (Wildman–Crippen MR) is 124 cm³/mol. The van der Waals surface area contributed by atoms with Crippen LogP contribution in [0.15, 0.2) is 60.9 Å². The van der Waals surface area contributed by atoms with Gasteiger partial charge in [0.05, 0.1) is 17.7 Å². The van der Waals surface area contributed by atoms with Gasteiger partial charge in [0.2, 0.25) is 0 Å². The number of aliphatic hydroxyl groups excluding tert-OH is 1. The maximum absolute atomic E-state index is 11.0. The number of aromatic nitrogens is 2. The van der Waals surface area contributed by atoms with Gasteiger partial charge in [-0.1, -0.05) is 24.3 Å². The van der Waals surface area contributed by atoms with Crippen molar-refractivity contribution in [2.75, 3.05) is 29.9 Å². The third-order valence-corrected chi connectivity index (χ3v) is 6.44. The van der Waals surface area contributed by atoms with Crippen LogP contribution in [0.25, 0.3) is 0 Å². The topological polar surface area (TPSA) is 88.3 Å². The average Bonchev–Trinajstić information content (AvgIpc) is 2.84. The van der Waals surface area contributed by atoms with Gasteiger partial charge in [-0.2, -0.15) is 5.26 Å². The number of nitrogens with one attached hydrogen (secondary N) is 1. The fourth-order valence-electron chi connectivity index (χ4n) is 4.72. The molecular formula is C25H26N6O. The Labute approximate surface area is 188 Å². The number of hydrogen-bond acceptors (Lipinski definition) is 7. The minimum atomic E-state index is -0.432. The van der Waals surface area contributed by atoms with Crippen LogP contribution in [0.4, 0.5) is 17.3 Å². The van der Waals surface area contributed by atoms with Gasteiger partial charge >= 0.3 is 0 Å². The van der Waals surface area contributed by atoms with Crippen molar-refractivity contribution >= 4 is 17.3 Å². The molecule has 1 saturated heterocycles. The van der Waals surface area contributed by atoms with Crippen LogP contribution in [0.2, 0.25) is 0 Å². The number of fused-ring (bicyclic) bond motifs is 1. The smallest absolute Gasteiger partial charge is 0.135 e. The Morgan fingerprint density at radius 3 is 2.62 bits per heavy atom. The monoisotopic (exact) mass is 426 g/mol. The Kier molecular flexibility index (Phi) is 5.71. The van der Waals surface area contributed by atoms with Gasteiger partial charge in [-0.15, -0.1) is 0 Å². The van der Waals surface area contributed by atoms with Crippen molar-refractivity contribution in [3.8, 4) is 6.07 Å². The summed E-state index contributed by atoms with van der Waals surface area (Å²) in [5.41, 5.74) is 4.28. The third kappa shape index (κ3) is 4.28. The molecule has 0 radical (unpaired) electrons. The Balaban J connectivity index is 1.24. The molecule has 5 rings (SSSR count). The second kappa shape index (κ2) is 8.95. The van der Waals surface area contributed by atoms with E-state index >= 15 is 0 Å². The average molecular weight is 427 g/mol. The molecule has 2 aliphatic rings. The Morgan fingerprint density at radius 1 is 1.03 bits per heavy atom. The van der Waals surface area contributed by atoms with Gasteiger partial charge < -0.3 is 15.3 Å². The highest BCUT2D eigenvalue weighted by molar-refractivity contribution is 5.60. The zero-order chi connectivity index (χ0) is 21.9. The highest BCUT2D eigenvalue weighted by atomic mass is 16.3. The van der Waals surface area contributed by atoms with Gasteiger partial charge in [-0.05, 0) is 48.2 Å². The fraction of sp³-hybridized carbons (Fsp3) is 0.320. The molecule has 3 aromatic rings. The molecule has 0 aliphatic carbocycles. The second-order valence-corrected chi connectivity index (χ2v) is 8.43. The first-order valence-corrected chi connectivity index (χ1v) is 11.0. The van der Waals surface area contributed by atoms with Crippen molar-refractivity contribution in [3.63, 3.8) is 0 Å². The molecule has 1 unspecified atom stereocenters. The van der Waals surface area contributed by atoms with Crippen LogP contribution in [-0.4, -0.2) is 51.8 Å². The van der Waals surface area contributed by atoms with E-state index in [2.05, 4.69) is 55.4 Å². The molecule has 162 valence electrons. The van der Waals surface area contributed by atoms with E-state index in [9.17, 15) is 5.11 Å². The van der Waals surface area contributed by atoms with E-state index in [0.29, 0.717) is 17.9 Å². The second-order valence-electron chi connectivity index (χ2n) is 8.43. The van der Waals surface area contributed by atoms with E-state index < -0.39 is 6.10 Å². The summed E-state index contributed by atoms with van der Waals surface area (Å²) in [6, 6.07) is 20.0. The van der Waals surface area contributed by atoms with Crippen LogP contribution in [0.3, 0.4) is 0 Å². The van der Waals surface area contributed by atoms with E-state index in [4.69, 9.17) is 5.26 Å². The molecule has 2 atom stereocenters. The molecular weight excluding hydrogens is 400 g/mol. The van der Waals surface area contributed by atoms with Crippen molar-refractivity contribution in [1.82, 2.24) is 14.9 Å². The summed E-state index contributed by atoms with van der Waals surface area (Å²) < 4.78 is 0. The number of benzene rings is 2. The summed E-state index contributed by atoms with van der Waals surface area (Å²) in [5.74, 6) is 1.49. The minimum absolute atomic E-state index is 0.165. The van der Waals surface area contributed by atoms with Gasteiger partial charge in [0.15, 0.2) is 0 Å². The molecule has 32 heavy (non-hydrogen) atoms. The molecule has 3 heterocycles. The lowest BCUT2D eigenvalue weighted by molar-refractivity contribution is 0.0293. The zero-order valence-corrected chi connectivity index (χ0v) is 17.9. The normalized spacial score (nSPS) is 20.9. The number of nitriles is 1. The Bertz CT molecular complexity index is 1130. The highest BCUT2D eigenvalue weighted by Gasteiger charge is 2.34. The van der Waals surface area contributed by atoms with Crippen molar-refractivity contribution in [2.24, 2.45) is 0 Å². The summed E-state index contributed by atoms with van der Waals surface area (Å²) in [5, 5.41) is 23.2. The first-order valence-electron chi connectivity index (χ1n) is 11.0. The highest BCUT2D eigenvalue weighted by Crippen LogP contribution is 2.27. The fourth-order valence-corrected chi connectivity index (χ4v) is 4.72. The van der Waals surface area contributed by atoms with E-state index in [1.54, 1.807) is 18.5 Å². The van der Waals surface area contributed by atoms with Gasteiger partial charge in [0.25, 0.3) is 0 Å². The quantitative estimate of drug-likeness (QED) is 0.663. The Morgan fingerprint density at radius 2 is 1.84 bits per heavy atom. The molecule has 0 bridgehead atoms. The molecule has 1 fully saturated rings. The third-order valence-electron chi connectivity index (χ3n) is 6.44. The standard InChI is InChI=1S/C25H26N6O/c26-14-18-5-7-21(8-6-18)29-24-13-25(28-17-27-24)31-12-10-22(23(32)16-31)30-11-9-19-3-1-2-4-20(19)15-30/h1-8,13,17,22-23,32H,9-12,15-16H2,(H,27,28,29)/t22?,23-/m0/s1. The van der Waals surface area contributed by atoms with E-state index in [-0.39, 0.29) is 6.04 Å². The van der Waals surface area contributed by atoms with Crippen molar-refractivity contribution in [1.29, 1.82) is 5.26 Å². The van der Waals surface area contributed by atoms with Crippen LogP contribution < -0.4 is 10.2 Å². The Hall–Kier alpha value is -3.47. The lowest BCUT2D eigenvalue weighted by atomic mass is 9.94. The van der Waals surface area contributed by atoms with Crippen LogP contribution >= 0.6 is 0 Å². The van der Waals surface area contributed by atoms with Gasteiger partial charge in [0.1, 0.15) is 18.0 Å². The first-order chi connectivity index (χ1) is 15.7. The molecule has 2 N–H and O–H groups in total. The molecule has 7 heteroatoms. The van der Waals surface area contributed by atoms with Crippen molar-refractivity contribution < 1.29 is 5.11 Å². The van der Waals surface area contributed by atoms with Gasteiger partial charge in [-0.25, -0.2) is 9.97 Å².